The number of likely N-dealkylation sites (tertiary alicyclic amines) is 1. The number of nitro benzene ring substituents is 1. The van der Waals surface area contributed by atoms with Crippen LogP contribution in [0.15, 0.2) is 18.2 Å². The molecule has 1 aromatic rings. The van der Waals surface area contributed by atoms with Crippen LogP contribution in [-0.2, 0) is 0 Å². The van der Waals surface area contributed by atoms with E-state index in [9.17, 15) is 14.9 Å². The number of anilines is 1. The fraction of sp³-hybridized carbons (Fsp3) is 0.533. The molecular weight excluding hydrogens is 270 g/mol. The van der Waals surface area contributed by atoms with Gasteiger partial charge in [-0.25, -0.2) is 0 Å². The van der Waals surface area contributed by atoms with Gasteiger partial charge in [0.1, 0.15) is 11.3 Å². The molecule has 1 aliphatic heterocycles. The lowest BCUT2D eigenvalue weighted by Crippen LogP contribution is -2.32. The summed E-state index contributed by atoms with van der Waals surface area (Å²) >= 11 is 0. The molecule has 6 nitrogen and oxygen atoms in total. The fourth-order valence-electron chi connectivity index (χ4n) is 3.04. The minimum Gasteiger partial charge on any atom is -0.393 e. The predicted octanol–water partition coefficient (Wildman–Crippen LogP) is 2.83. The first kappa shape index (κ1) is 15.3. The Labute approximate surface area is 124 Å². The van der Waals surface area contributed by atoms with E-state index in [-0.39, 0.29) is 28.3 Å². The molecule has 1 heterocycles. The second-order valence-electron chi connectivity index (χ2n) is 5.68. The molecule has 2 N–H and O–H groups in total. The molecule has 1 amide bonds. The summed E-state index contributed by atoms with van der Waals surface area (Å²) in [7, 11) is 0. The van der Waals surface area contributed by atoms with Crippen molar-refractivity contribution in [1.82, 2.24) is 4.90 Å². The van der Waals surface area contributed by atoms with Crippen LogP contribution in [0, 0.1) is 15.5 Å². The van der Waals surface area contributed by atoms with Crippen LogP contribution < -0.4 is 5.73 Å². The molecule has 0 saturated carbocycles. The number of nitrogens with zero attached hydrogens (tertiary/aromatic N) is 2. The molecule has 0 unspecified atom stereocenters. The zero-order valence-corrected chi connectivity index (χ0v) is 12.5. The molecule has 0 aromatic heterocycles. The topological polar surface area (TPSA) is 89.5 Å². The zero-order chi connectivity index (χ0) is 15.6. The summed E-state index contributed by atoms with van der Waals surface area (Å²) in [6, 6.07) is 4.51. The predicted molar refractivity (Wildman–Crippen MR) is 81.0 cm³/mol. The van der Waals surface area contributed by atoms with Gasteiger partial charge >= 0.3 is 5.69 Å². The first-order valence-electron chi connectivity index (χ1n) is 7.26. The average molecular weight is 291 g/mol. The van der Waals surface area contributed by atoms with Gasteiger partial charge in [0.2, 0.25) is 0 Å². The van der Waals surface area contributed by atoms with Gasteiger partial charge in [0.15, 0.2) is 0 Å². The number of hydrogen-bond donors (Lipinski definition) is 1. The van der Waals surface area contributed by atoms with E-state index in [1.807, 2.05) is 0 Å². The van der Waals surface area contributed by atoms with Gasteiger partial charge in [0.05, 0.1) is 4.92 Å². The van der Waals surface area contributed by atoms with E-state index in [0.717, 1.165) is 19.3 Å². The third-order valence-corrected chi connectivity index (χ3v) is 4.71. The molecule has 1 aromatic carbocycles. The van der Waals surface area contributed by atoms with Gasteiger partial charge in [-0.2, -0.15) is 0 Å². The lowest BCUT2D eigenvalue weighted by atomic mass is 9.82. The maximum Gasteiger partial charge on any atom is 0.304 e. The van der Waals surface area contributed by atoms with Crippen LogP contribution in [0.25, 0.3) is 0 Å². The molecule has 0 spiro atoms. The van der Waals surface area contributed by atoms with Crippen LogP contribution in [0.5, 0.6) is 0 Å². The van der Waals surface area contributed by atoms with Crippen LogP contribution in [0.3, 0.4) is 0 Å². The molecule has 114 valence electrons. The van der Waals surface area contributed by atoms with Crippen molar-refractivity contribution in [3.05, 3.63) is 33.9 Å². The molecule has 6 heteroatoms. The van der Waals surface area contributed by atoms with Crippen molar-refractivity contribution in [2.45, 2.75) is 33.1 Å². The summed E-state index contributed by atoms with van der Waals surface area (Å²) in [4.78, 5) is 24.9. The van der Waals surface area contributed by atoms with E-state index >= 15 is 0 Å². The lowest BCUT2D eigenvalue weighted by molar-refractivity contribution is -0.384. The normalized spacial score (nSPS) is 17.0. The first-order valence-corrected chi connectivity index (χ1v) is 7.26. The van der Waals surface area contributed by atoms with Crippen LogP contribution >= 0.6 is 0 Å². The van der Waals surface area contributed by atoms with Crippen LogP contribution in [0.2, 0.25) is 0 Å². The van der Waals surface area contributed by atoms with E-state index < -0.39 is 4.92 Å². The minimum atomic E-state index is -0.578. The van der Waals surface area contributed by atoms with E-state index in [2.05, 4.69) is 13.8 Å². The SMILES string of the molecule is CCC1(CC)CCN(C(=O)c2cccc(N)c2[N+](=O)[O-])C1. The molecule has 0 radical (unpaired) electrons. The first-order chi connectivity index (χ1) is 9.94. The number of nitrogens with two attached hydrogens (primary N) is 1. The van der Waals surface area contributed by atoms with Gasteiger partial charge in [0, 0.05) is 13.1 Å². The van der Waals surface area contributed by atoms with Crippen molar-refractivity contribution >= 4 is 17.3 Å². The van der Waals surface area contributed by atoms with E-state index in [0.29, 0.717) is 13.1 Å². The van der Waals surface area contributed by atoms with Crippen molar-refractivity contribution < 1.29 is 9.72 Å². The molecule has 0 bridgehead atoms. The largest absolute Gasteiger partial charge is 0.393 e. The van der Waals surface area contributed by atoms with Crippen molar-refractivity contribution in [2.75, 3.05) is 18.8 Å². The summed E-state index contributed by atoms with van der Waals surface area (Å²) < 4.78 is 0. The van der Waals surface area contributed by atoms with E-state index in [1.54, 1.807) is 11.0 Å². The Morgan fingerprint density at radius 3 is 2.62 bits per heavy atom. The van der Waals surface area contributed by atoms with Crippen molar-refractivity contribution in [3.63, 3.8) is 0 Å². The molecule has 1 fully saturated rings. The van der Waals surface area contributed by atoms with Gasteiger partial charge in [0.25, 0.3) is 5.91 Å². The Hall–Kier alpha value is -2.11. The van der Waals surface area contributed by atoms with Crippen LogP contribution in [-0.4, -0.2) is 28.8 Å². The quantitative estimate of drug-likeness (QED) is 0.524. The maximum atomic E-state index is 12.6. The van der Waals surface area contributed by atoms with Crippen LogP contribution in [0.1, 0.15) is 43.5 Å². The number of nitro groups is 1. The van der Waals surface area contributed by atoms with Gasteiger partial charge in [-0.05, 0) is 36.8 Å². The highest BCUT2D eigenvalue weighted by atomic mass is 16.6. The summed E-state index contributed by atoms with van der Waals surface area (Å²) in [5.74, 6) is -0.294. The highest BCUT2D eigenvalue weighted by molar-refractivity contribution is 6.00. The summed E-state index contributed by atoms with van der Waals surface area (Å²) in [6.07, 6.45) is 2.96. The molecule has 2 rings (SSSR count). The molecule has 21 heavy (non-hydrogen) atoms. The summed E-state index contributed by atoms with van der Waals surface area (Å²) in [5, 5.41) is 11.2. The minimum absolute atomic E-state index is 0.0299. The fourth-order valence-corrected chi connectivity index (χ4v) is 3.04. The number of carbonyl (C=O) groups excluding carboxylic acids is 1. The maximum absolute atomic E-state index is 12.6. The number of benzene rings is 1. The van der Waals surface area contributed by atoms with Gasteiger partial charge in [-0.15, -0.1) is 0 Å². The van der Waals surface area contributed by atoms with Gasteiger partial charge in [-0.3, -0.25) is 14.9 Å². The summed E-state index contributed by atoms with van der Waals surface area (Å²) in [6.45, 7) is 5.55. The zero-order valence-electron chi connectivity index (χ0n) is 12.5. The number of hydrogen-bond acceptors (Lipinski definition) is 4. The number of amides is 1. The Morgan fingerprint density at radius 1 is 1.43 bits per heavy atom. The highest BCUT2D eigenvalue weighted by Gasteiger charge is 2.38. The van der Waals surface area contributed by atoms with Crippen molar-refractivity contribution in [3.8, 4) is 0 Å². The Bertz CT molecular complexity index is 567. The molecular formula is C15H21N3O3. The Kier molecular flexibility index (Phi) is 4.16. The molecule has 1 saturated heterocycles. The Morgan fingerprint density at radius 2 is 2.10 bits per heavy atom. The van der Waals surface area contributed by atoms with E-state index in [1.165, 1.54) is 12.1 Å². The van der Waals surface area contributed by atoms with Crippen LogP contribution in [0.4, 0.5) is 11.4 Å². The molecule has 1 aliphatic rings. The number of rotatable bonds is 4. The number of carbonyl (C=O) groups is 1. The monoisotopic (exact) mass is 291 g/mol. The second kappa shape index (κ2) is 5.71. The smallest absolute Gasteiger partial charge is 0.304 e. The number of para-hydroxylation sites is 1. The summed E-state index contributed by atoms with van der Waals surface area (Å²) in [5.41, 5.74) is 5.63. The average Bonchev–Trinajstić information content (AvgIpc) is 2.91. The Balaban J connectivity index is 2.31. The van der Waals surface area contributed by atoms with E-state index in [4.69, 9.17) is 5.73 Å². The lowest BCUT2D eigenvalue weighted by Gasteiger charge is -2.26. The number of nitrogen functional groups attached to an aromatic ring is 1. The van der Waals surface area contributed by atoms with Gasteiger partial charge in [-0.1, -0.05) is 19.9 Å². The van der Waals surface area contributed by atoms with Gasteiger partial charge < -0.3 is 10.6 Å². The standard InChI is InChI=1S/C15H21N3O3/c1-3-15(4-2)8-9-17(10-15)14(19)11-6-5-7-12(16)13(11)18(20)21/h5-7H,3-4,8-10,16H2,1-2H3. The van der Waals surface area contributed by atoms with Crippen molar-refractivity contribution in [2.24, 2.45) is 5.41 Å². The van der Waals surface area contributed by atoms with Crippen molar-refractivity contribution in [1.29, 1.82) is 0 Å². The second-order valence-corrected chi connectivity index (χ2v) is 5.68. The molecule has 0 aliphatic carbocycles. The third-order valence-electron chi connectivity index (χ3n) is 4.71. The third kappa shape index (κ3) is 2.70. The molecule has 0 atom stereocenters. The highest BCUT2D eigenvalue weighted by Crippen LogP contribution is 2.38.